The van der Waals surface area contributed by atoms with Crippen LogP contribution >= 0.6 is 31.9 Å². The first kappa shape index (κ1) is 13.3. The van der Waals surface area contributed by atoms with E-state index in [2.05, 4.69) is 55.6 Å². The van der Waals surface area contributed by atoms with Gasteiger partial charge in [-0.3, -0.25) is 0 Å². The third-order valence-electron chi connectivity index (χ3n) is 3.00. The molecule has 0 radical (unpaired) electrons. The summed E-state index contributed by atoms with van der Waals surface area (Å²) in [5.74, 6) is 1.01. The predicted octanol–water partition coefficient (Wildman–Crippen LogP) is 3.61. The van der Waals surface area contributed by atoms with Crippen LogP contribution in [0.1, 0.15) is 20.3 Å². The molecular formula is C12H16Br2N2O. The lowest BCUT2D eigenvalue weighted by Crippen LogP contribution is -2.49. The smallest absolute Gasteiger partial charge is 0.143 e. The maximum Gasteiger partial charge on any atom is 0.143 e. The number of hydrogen-bond donors (Lipinski definition) is 0. The molecule has 1 aliphatic rings. The second kappa shape index (κ2) is 5.67. The van der Waals surface area contributed by atoms with Crippen LogP contribution in [-0.2, 0) is 4.74 Å². The Morgan fingerprint density at radius 3 is 2.94 bits per heavy atom. The van der Waals surface area contributed by atoms with Crippen molar-refractivity contribution in [3.05, 3.63) is 21.2 Å². The minimum absolute atomic E-state index is 0.259. The van der Waals surface area contributed by atoms with Crippen LogP contribution in [0.4, 0.5) is 5.82 Å². The van der Waals surface area contributed by atoms with Crippen LogP contribution in [0.3, 0.4) is 0 Å². The average Bonchev–Trinajstić information content (AvgIpc) is 2.29. The number of rotatable bonds is 2. The van der Waals surface area contributed by atoms with Crippen LogP contribution in [0.25, 0.3) is 0 Å². The van der Waals surface area contributed by atoms with Gasteiger partial charge in [0.25, 0.3) is 0 Å². The SMILES string of the molecule is CCC1COC(C)CN1c1ncc(Br)cc1Br. The highest BCUT2D eigenvalue weighted by molar-refractivity contribution is 9.11. The van der Waals surface area contributed by atoms with Crippen molar-refractivity contribution in [3.63, 3.8) is 0 Å². The molecule has 1 aromatic heterocycles. The fraction of sp³-hybridized carbons (Fsp3) is 0.583. The van der Waals surface area contributed by atoms with E-state index in [1.165, 1.54) is 0 Å². The van der Waals surface area contributed by atoms with Crippen LogP contribution in [0, 0.1) is 0 Å². The van der Waals surface area contributed by atoms with E-state index in [4.69, 9.17) is 4.74 Å². The summed E-state index contributed by atoms with van der Waals surface area (Å²) < 4.78 is 7.72. The molecule has 2 rings (SSSR count). The zero-order valence-corrected chi connectivity index (χ0v) is 13.2. The summed E-state index contributed by atoms with van der Waals surface area (Å²) in [4.78, 5) is 6.85. The summed E-state index contributed by atoms with van der Waals surface area (Å²) in [5, 5.41) is 0. The molecule has 2 atom stereocenters. The van der Waals surface area contributed by atoms with E-state index in [1.807, 2.05) is 12.3 Å². The van der Waals surface area contributed by atoms with Gasteiger partial charge in [0.1, 0.15) is 5.82 Å². The lowest BCUT2D eigenvalue weighted by molar-refractivity contribution is 0.0295. The van der Waals surface area contributed by atoms with E-state index < -0.39 is 0 Å². The van der Waals surface area contributed by atoms with Gasteiger partial charge in [0.2, 0.25) is 0 Å². The molecule has 1 saturated heterocycles. The van der Waals surface area contributed by atoms with Gasteiger partial charge in [0.05, 0.1) is 23.2 Å². The quantitative estimate of drug-likeness (QED) is 0.802. The van der Waals surface area contributed by atoms with Crippen molar-refractivity contribution in [2.75, 3.05) is 18.1 Å². The highest BCUT2D eigenvalue weighted by Crippen LogP contribution is 2.30. The third kappa shape index (κ3) is 3.01. The van der Waals surface area contributed by atoms with E-state index in [0.717, 1.165) is 34.3 Å². The van der Waals surface area contributed by atoms with Crippen molar-refractivity contribution < 1.29 is 4.74 Å². The van der Waals surface area contributed by atoms with Crippen molar-refractivity contribution in [2.24, 2.45) is 0 Å². The Balaban J connectivity index is 2.28. The maximum absolute atomic E-state index is 5.70. The molecule has 94 valence electrons. The molecule has 0 aromatic carbocycles. The lowest BCUT2D eigenvalue weighted by atomic mass is 10.1. The normalized spacial score (nSPS) is 25.1. The molecule has 3 nitrogen and oxygen atoms in total. The summed E-state index contributed by atoms with van der Waals surface area (Å²) in [6, 6.07) is 2.45. The predicted molar refractivity (Wildman–Crippen MR) is 76.5 cm³/mol. The molecule has 2 heterocycles. The molecule has 0 bridgehead atoms. The first-order chi connectivity index (χ1) is 8.11. The lowest BCUT2D eigenvalue weighted by Gasteiger charge is -2.39. The van der Waals surface area contributed by atoms with Gasteiger partial charge >= 0.3 is 0 Å². The van der Waals surface area contributed by atoms with E-state index >= 15 is 0 Å². The average molecular weight is 364 g/mol. The maximum atomic E-state index is 5.70. The number of morpholine rings is 1. The minimum Gasteiger partial charge on any atom is -0.375 e. The van der Waals surface area contributed by atoms with Gasteiger partial charge < -0.3 is 9.64 Å². The Bertz CT molecular complexity index is 400. The summed E-state index contributed by atoms with van der Waals surface area (Å²) in [6.07, 6.45) is 3.17. The van der Waals surface area contributed by atoms with Gasteiger partial charge in [-0.05, 0) is 51.3 Å². The van der Waals surface area contributed by atoms with Gasteiger partial charge in [-0.25, -0.2) is 4.98 Å². The van der Waals surface area contributed by atoms with Crippen molar-refractivity contribution in [1.29, 1.82) is 0 Å². The summed E-state index contributed by atoms with van der Waals surface area (Å²) in [7, 11) is 0. The summed E-state index contributed by atoms with van der Waals surface area (Å²) >= 11 is 7.01. The third-order valence-corrected chi connectivity index (χ3v) is 4.02. The molecule has 1 aliphatic heterocycles. The van der Waals surface area contributed by atoms with Crippen LogP contribution < -0.4 is 4.90 Å². The van der Waals surface area contributed by atoms with Gasteiger partial charge in [-0.1, -0.05) is 6.92 Å². The molecule has 0 spiro atoms. The molecule has 0 amide bonds. The zero-order valence-electron chi connectivity index (χ0n) is 9.99. The minimum atomic E-state index is 0.259. The zero-order chi connectivity index (χ0) is 12.4. The van der Waals surface area contributed by atoms with Gasteiger partial charge in [-0.2, -0.15) is 0 Å². The Morgan fingerprint density at radius 1 is 1.53 bits per heavy atom. The topological polar surface area (TPSA) is 25.4 Å². The van der Waals surface area contributed by atoms with Gasteiger partial charge in [-0.15, -0.1) is 0 Å². The monoisotopic (exact) mass is 362 g/mol. The highest BCUT2D eigenvalue weighted by atomic mass is 79.9. The second-order valence-electron chi connectivity index (χ2n) is 4.32. The van der Waals surface area contributed by atoms with Crippen LogP contribution in [0.15, 0.2) is 21.2 Å². The number of anilines is 1. The Morgan fingerprint density at radius 2 is 2.29 bits per heavy atom. The highest BCUT2D eigenvalue weighted by Gasteiger charge is 2.27. The van der Waals surface area contributed by atoms with E-state index in [9.17, 15) is 0 Å². The number of hydrogen-bond acceptors (Lipinski definition) is 3. The van der Waals surface area contributed by atoms with Gasteiger partial charge in [0.15, 0.2) is 0 Å². The van der Waals surface area contributed by atoms with Crippen LogP contribution in [0.5, 0.6) is 0 Å². The van der Waals surface area contributed by atoms with Crippen LogP contribution in [0.2, 0.25) is 0 Å². The van der Waals surface area contributed by atoms with E-state index in [1.54, 1.807) is 0 Å². The number of halogens is 2. The molecular weight excluding hydrogens is 348 g/mol. The van der Waals surface area contributed by atoms with Crippen molar-refractivity contribution in [2.45, 2.75) is 32.4 Å². The summed E-state index contributed by atoms with van der Waals surface area (Å²) in [6.45, 7) is 5.96. The van der Waals surface area contributed by atoms with E-state index in [-0.39, 0.29) is 6.10 Å². The molecule has 5 heteroatoms. The van der Waals surface area contributed by atoms with Crippen molar-refractivity contribution in [1.82, 2.24) is 4.98 Å². The molecule has 0 aliphatic carbocycles. The first-order valence-corrected chi connectivity index (χ1v) is 7.39. The Hall–Kier alpha value is -0.130. The number of nitrogens with zero attached hydrogens (tertiary/aromatic N) is 2. The number of ether oxygens (including phenoxy) is 1. The van der Waals surface area contributed by atoms with Crippen LogP contribution in [-0.4, -0.2) is 30.3 Å². The number of aromatic nitrogens is 1. The molecule has 17 heavy (non-hydrogen) atoms. The molecule has 1 aromatic rings. The second-order valence-corrected chi connectivity index (χ2v) is 6.09. The Labute approximate surface area is 119 Å². The van der Waals surface area contributed by atoms with Crippen molar-refractivity contribution >= 4 is 37.7 Å². The van der Waals surface area contributed by atoms with Crippen molar-refractivity contribution in [3.8, 4) is 0 Å². The molecule has 0 N–H and O–H groups in total. The Kier molecular flexibility index (Phi) is 4.44. The van der Waals surface area contributed by atoms with E-state index in [0.29, 0.717) is 6.04 Å². The fourth-order valence-electron chi connectivity index (χ4n) is 2.06. The van der Waals surface area contributed by atoms with Gasteiger partial charge in [0, 0.05) is 17.2 Å². The molecule has 1 fully saturated rings. The number of pyridine rings is 1. The largest absolute Gasteiger partial charge is 0.375 e. The fourth-order valence-corrected chi connectivity index (χ4v) is 3.28. The molecule has 0 saturated carbocycles. The first-order valence-electron chi connectivity index (χ1n) is 5.81. The standard InChI is InChI=1S/C12H16Br2N2O/c1-3-10-7-17-8(2)6-16(10)12-11(14)4-9(13)5-15-12/h4-5,8,10H,3,6-7H2,1-2H3. The molecule has 2 unspecified atom stereocenters. The summed E-state index contributed by atoms with van der Waals surface area (Å²) in [5.41, 5.74) is 0.